The average Bonchev–Trinajstić information content (AvgIpc) is 2.95. The van der Waals surface area contributed by atoms with Crippen LogP contribution in [0.5, 0.6) is 0 Å². The van der Waals surface area contributed by atoms with Crippen LogP contribution >= 0.6 is 0 Å². The maximum absolute atomic E-state index is 13.3. The number of likely N-dealkylation sites (N-methyl/N-ethyl adjacent to an activating group) is 1. The minimum Gasteiger partial charge on any atom is -0.465 e. The van der Waals surface area contributed by atoms with E-state index < -0.39 is 6.09 Å². The minimum atomic E-state index is -0.885. The first-order valence-electron chi connectivity index (χ1n) is 6.80. The monoisotopic (exact) mass is 289 g/mol. The van der Waals surface area contributed by atoms with Crippen LogP contribution in [0.3, 0.4) is 0 Å². The Morgan fingerprint density at radius 1 is 1.48 bits per heavy atom. The van der Waals surface area contributed by atoms with Gasteiger partial charge < -0.3 is 14.9 Å². The number of amides is 1. The van der Waals surface area contributed by atoms with Crippen LogP contribution in [0.1, 0.15) is 6.42 Å². The topological polar surface area (TPSA) is 56.7 Å². The molecule has 1 atom stereocenters. The number of halogens is 1. The van der Waals surface area contributed by atoms with Crippen molar-refractivity contribution in [2.75, 3.05) is 25.0 Å². The summed E-state index contributed by atoms with van der Waals surface area (Å²) in [5, 5.41) is 9.75. The lowest BCUT2D eigenvalue weighted by atomic mass is 10.1. The van der Waals surface area contributed by atoms with Crippen molar-refractivity contribution >= 4 is 22.7 Å². The summed E-state index contributed by atoms with van der Waals surface area (Å²) in [6.07, 6.45) is 1.64. The molecule has 0 radical (unpaired) electrons. The Morgan fingerprint density at radius 2 is 2.29 bits per heavy atom. The number of rotatable bonds is 2. The van der Waals surface area contributed by atoms with Gasteiger partial charge in [0.1, 0.15) is 5.82 Å². The fourth-order valence-corrected chi connectivity index (χ4v) is 2.73. The normalized spacial score (nSPS) is 18.2. The van der Waals surface area contributed by atoms with Crippen LogP contribution in [0.2, 0.25) is 0 Å². The number of pyridine rings is 1. The van der Waals surface area contributed by atoms with Crippen molar-refractivity contribution in [2.45, 2.75) is 12.5 Å². The first kappa shape index (κ1) is 13.6. The second kappa shape index (κ2) is 5.20. The predicted molar refractivity (Wildman–Crippen MR) is 78.1 cm³/mol. The SMILES string of the molecule is CN(c1cnc2ccc(F)cc2c1)C1CCN(C(=O)O)C1. The molecule has 6 heteroatoms. The molecule has 21 heavy (non-hydrogen) atoms. The number of aromatic nitrogens is 1. The van der Waals surface area contributed by atoms with E-state index in [-0.39, 0.29) is 11.9 Å². The van der Waals surface area contributed by atoms with Gasteiger partial charge in [-0.05, 0) is 30.7 Å². The van der Waals surface area contributed by atoms with Gasteiger partial charge in [0.15, 0.2) is 0 Å². The third-order valence-corrected chi connectivity index (χ3v) is 4.02. The molecule has 5 nitrogen and oxygen atoms in total. The fraction of sp³-hybridized carbons (Fsp3) is 0.333. The van der Waals surface area contributed by atoms with E-state index >= 15 is 0 Å². The molecule has 0 saturated carbocycles. The lowest BCUT2D eigenvalue weighted by molar-refractivity contribution is 0.155. The molecule has 1 aromatic heterocycles. The van der Waals surface area contributed by atoms with E-state index in [1.165, 1.54) is 17.0 Å². The predicted octanol–water partition coefficient (Wildman–Crippen LogP) is 2.56. The number of benzene rings is 1. The van der Waals surface area contributed by atoms with E-state index in [1.54, 1.807) is 12.3 Å². The molecule has 110 valence electrons. The average molecular weight is 289 g/mol. The van der Waals surface area contributed by atoms with Gasteiger partial charge in [-0.3, -0.25) is 4.98 Å². The standard InChI is InChI=1S/C15H16FN3O2/c1-18(12-4-5-19(9-12)15(20)21)13-7-10-6-11(16)2-3-14(10)17-8-13/h2-3,6-8,12H,4-5,9H2,1H3,(H,20,21). The van der Waals surface area contributed by atoms with Gasteiger partial charge in [-0.25, -0.2) is 9.18 Å². The zero-order chi connectivity index (χ0) is 15.0. The molecule has 3 rings (SSSR count). The number of likely N-dealkylation sites (tertiary alicyclic amines) is 1. The third-order valence-electron chi connectivity index (χ3n) is 4.02. The minimum absolute atomic E-state index is 0.119. The highest BCUT2D eigenvalue weighted by Gasteiger charge is 2.28. The molecule has 2 heterocycles. The Bertz CT molecular complexity index is 692. The molecule has 0 aliphatic carbocycles. The van der Waals surface area contributed by atoms with E-state index in [9.17, 15) is 9.18 Å². The molecule has 1 fully saturated rings. The molecule has 1 unspecified atom stereocenters. The lowest BCUT2D eigenvalue weighted by Gasteiger charge is -2.26. The van der Waals surface area contributed by atoms with Crippen molar-refractivity contribution in [1.29, 1.82) is 0 Å². The van der Waals surface area contributed by atoms with Crippen LogP contribution in [0, 0.1) is 5.82 Å². The van der Waals surface area contributed by atoms with Crippen molar-refractivity contribution in [3.63, 3.8) is 0 Å². The highest BCUT2D eigenvalue weighted by Crippen LogP contribution is 2.24. The van der Waals surface area contributed by atoms with Gasteiger partial charge >= 0.3 is 6.09 Å². The van der Waals surface area contributed by atoms with Crippen LogP contribution in [-0.4, -0.2) is 47.3 Å². The molecule has 1 N–H and O–H groups in total. The lowest BCUT2D eigenvalue weighted by Crippen LogP contribution is -2.36. The van der Waals surface area contributed by atoms with Gasteiger partial charge in [0.2, 0.25) is 0 Å². The van der Waals surface area contributed by atoms with Gasteiger partial charge in [-0.2, -0.15) is 0 Å². The summed E-state index contributed by atoms with van der Waals surface area (Å²) in [5.74, 6) is -0.290. The van der Waals surface area contributed by atoms with Crippen molar-refractivity contribution in [1.82, 2.24) is 9.88 Å². The zero-order valence-corrected chi connectivity index (χ0v) is 11.7. The summed E-state index contributed by atoms with van der Waals surface area (Å²) in [6, 6.07) is 6.50. The van der Waals surface area contributed by atoms with Crippen molar-refractivity contribution in [3.05, 3.63) is 36.3 Å². The van der Waals surface area contributed by atoms with Gasteiger partial charge in [-0.15, -0.1) is 0 Å². The molecular formula is C15H16FN3O2. The largest absolute Gasteiger partial charge is 0.465 e. The number of carboxylic acid groups (broad SMARTS) is 1. The van der Waals surface area contributed by atoms with Crippen LogP contribution < -0.4 is 4.90 Å². The maximum atomic E-state index is 13.3. The Morgan fingerprint density at radius 3 is 3.00 bits per heavy atom. The zero-order valence-electron chi connectivity index (χ0n) is 11.7. The van der Waals surface area contributed by atoms with Crippen LogP contribution in [0.15, 0.2) is 30.5 Å². The van der Waals surface area contributed by atoms with E-state index in [0.29, 0.717) is 13.1 Å². The summed E-state index contributed by atoms with van der Waals surface area (Å²) in [5.41, 5.74) is 1.61. The summed E-state index contributed by atoms with van der Waals surface area (Å²) < 4.78 is 13.3. The number of nitrogens with zero attached hydrogens (tertiary/aromatic N) is 3. The van der Waals surface area contributed by atoms with E-state index in [4.69, 9.17) is 5.11 Å². The van der Waals surface area contributed by atoms with Gasteiger partial charge in [-0.1, -0.05) is 0 Å². The second-order valence-corrected chi connectivity index (χ2v) is 5.31. The Balaban J connectivity index is 1.84. The second-order valence-electron chi connectivity index (χ2n) is 5.31. The Hall–Kier alpha value is -2.37. The number of fused-ring (bicyclic) bond motifs is 1. The number of hydrogen-bond acceptors (Lipinski definition) is 3. The third kappa shape index (κ3) is 2.61. The Kier molecular flexibility index (Phi) is 3.37. The van der Waals surface area contributed by atoms with Gasteiger partial charge in [0.05, 0.1) is 17.4 Å². The quantitative estimate of drug-likeness (QED) is 0.923. The van der Waals surface area contributed by atoms with Crippen LogP contribution in [0.25, 0.3) is 10.9 Å². The first-order chi connectivity index (χ1) is 10.0. The fourth-order valence-electron chi connectivity index (χ4n) is 2.73. The van der Waals surface area contributed by atoms with Gasteiger partial charge in [0.25, 0.3) is 0 Å². The summed E-state index contributed by atoms with van der Waals surface area (Å²) in [6.45, 7) is 1.02. The van der Waals surface area contributed by atoms with Crippen molar-refractivity contribution in [3.8, 4) is 0 Å². The molecule has 1 aliphatic rings. The molecular weight excluding hydrogens is 273 g/mol. The highest BCUT2D eigenvalue weighted by atomic mass is 19.1. The number of carbonyl (C=O) groups is 1. The molecule has 1 aliphatic heterocycles. The smallest absolute Gasteiger partial charge is 0.407 e. The molecule has 0 bridgehead atoms. The van der Waals surface area contributed by atoms with Crippen LogP contribution in [0.4, 0.5) is 14.9 Å². The van der Waals surface area contributed by atoms with E-state index in [0.717, 1.165) is 23.0 Å². The first-order valence-corrected chi connectivity index (χ1v) is 6.80. The molecule has 1 aromatic carbocycles. The molecule has 1 amide bonds. The molecule has 1 saturated heterocycles. The Labute approximate surface area is 121 Å². The summed E-state index contributed by atoms with van der Waals surface area (Å²) in [4.78, 5) is 18.7. The molecule has 2 aromatic rings. The van der Waals surface area contributed by atoms with Crippen molar-refractivity contribution in [2.24, 2.45) is 0 Å². The van der Waals surface area contributed by atoms with Gasteiger partial charge in [0, 0.05) is 31.6 Å². The van der Waals surface area contributed by atoms with Crippen LogP contribution in [-0.2, 0) is 0 Å². The van der Waals surface area contributed by atoms with E-state index in [1.807, 2.05) is 18.0 Å². The number of anilines is 1. The summed E-state index contributed by atoms with van der Waals surface area (Å²) in [7, 11) is 1.91. The summed E-state index contributed by atoms with van der Waals surface area (Å²) >= 11 is 0. The van der Waals surface area contributed by atoms with Crippen molar-refractivity contribution < 1.29 is 14.3 Å². The number of hydrogen-bond donors (Lipinski definition) is 1. The molecule has 0 spiro atoms. The maximum Gasteiger partial charge on any atom is 0.407 e. The highest BCUT2D eigenvalue weighted by molar-refractivity contribution is 5.81. The van der Waals surface area contributed by atoms with E-state index in [2.05, 4.69) is 4.98 Å².